The Morgan fingerprint density at radius 2 is 2.29 bits per heavy atom. The second kappa shape index (κ2) is 5.41. The second-order valence-electron chi connectivity index (χ2n) is 3.39. The SMILES string of the molecule is CCn1ccnc1CSC(C)C(C)O. The number of imidazole rings is 1. The van der Waals surface area contributed by atoms with Crippen molar-refractivity contribution in [2.75, 3.05) is 0 Å². The van der Waals surface area contributed by atoms with Crippen molar-refractivity contribution >= 4 is 11.8 Å². The van der Waals surface area contributed by atoms with Gasteiger partial charge in [0, 0.05) is 24.2 Å². The van der Waals surface area contributed by atoms with E-state index in [-0.39, 0.29) is 11.4 Å². The molecule has 0 amide bonds. The van der Waals surface area contributed by atoms with Gasteiger partial charge in [-0.1, -0.05) is 6.92 Å². The monoisotopic (exact) mass is 214 g/mol. The van der Waals surface area contributed by atoms with Crippen molar-refractivity contribution in [3.8, 4) is 0 Å². The maximum atomic E-state index is 9.33. The van der Waals surface area contributed by atoms with E-state index in [0.29, 0.717) is 0 Å². The molecule has 0 fully saturated rings. The smallest absolute Gasteiger partial charge is 0.118 e. The van der Waals surface area contributed by atoms with Gasteiger partial charge in [0.2, 0.25) is 0 Å². The van der Waals surface area contributed by atoms with Crippen molar-refractivity contribution < 1.29 is 5.11 Å². The maximum Gasteiger partial charge on any atom is 0.118 e. The van der Waals surface area contributed by atoms with Crippen LogP contribution in [0.15, 0.2) is 12.4 Å². The molecule has 0 aliphatic rings. The van der Waals surface area contributed by atoms with Gasteiger partial charge < -0.3 is 9.67 Å². The van der Waals surface area contributed by atoms with Crippen LogP contribution in [0.2, 0.25) is 0 Å². The molecule has 2 unspecified atom stereocenters. The predicted octanol–water partition coefficient (Wildman–Crippen LogP) is 1.91. The zero-order valence-corrected chi connectivity index (χ0v) is 9.79. The summed E-state index contributed by atoms with van der Waals surface area (Å²) in [6, 6.07) is 0. The van der Waals surface area contributed by atoms with Gasteiger partial charge >= 0.3 is 0 Å². The van der Waals surface area contributed by atoms with Crippen LogP contribution < -0.4 is 0 Å². The van der Waals surface area contributed by atoms with Crippen LogP contribution >= 0.6 is 11.8 Å². The van der Waals surface area contributed by atoms with Crippen LogP contribution in [0.3, 0.4) is 0 Å². The van der Waals surface area contributed by atoms with Gasteiger partial charge in [0.25, 0.3) is 0 Å². The molecule has 1 N–H and O–H groups in total. The van der Waals surface area contributed by atoms with E-state index in [0.717, 1.165) is 18.1 Å². The fourth-order valence-corrected chi connectivity index (χ4v) is 2.04. The van der Waals surface area contributed by atoms with Crippen LogP contribution in [-0.2, 0) is 12.3 Å². The number of rotatable bonds is 5. The average Bonchev–Trinajstić information content (AvgIpc) is 2.60. The number of aromatic nitrogens is 2. The number of aryl methyl sites for hydroxylation is 1. The lowest BCUT2D eigenvalue weighted by molar-refractivity contribution is 0.196. The van der Waals surface area contributed by atoms with Crippen molar-refractivity contribution in [2.45, 2.75) is 44.4 Å². The fraction of sp³-hybridized carbons (Fsp3) is 0.700. The van der Waals surface area contributed by atoms with E-state index in [1.807, 2.05) is 26.2 Å². The number of thioether (sulfide) groups is 1. The summed E-state index contributed by atoms with van der Waals surface area (Å²) in [5, 5.41) is 9.59. The van der Waals surface area contributed by atoms with E-state index >= 15 is 0 Å². The number of aliphatic hydroxyl groups excluding tert-OH is 1. The number of hydrogen-bond donors (Lipinski definition) is 1. The first kappa shape index (κ1) is 11.6. The Bertz CT molecular complexity index is 273. The summed E-state index contributed by atoms with van der Waals surface area (Å²) in [6.45, 7) is 6.92. The zero-order chi connectivity index (χ0) is 10.6. The highest BCUT2D eigenvalue weighted by Gasteiger charge is 2.10. The molecular weight excluding hydrogens is 196 g/mol. The maximum absolute atomic E-state index is 9.33. The molecule has 0 saturated heterocycles. The highest BCUT2D eigenvalue weighted by molar-refractivity contribution is 7.99. The fourth-order valence-electron chi connectivity index (χ4n) is 1.11. The van der Waals surface area contributed by atoms with Crippen molar-refractivity contribution in [3.05, 3.63) is 18.2 Å². The number of hydrogen-bond acceptors (Lipinski definition) is 3. The first-order chi connectivity index (χ1) is 6.65. The van der Waals surface area contributed by atoms with E-state index < -0.39 is 0 Å². The lowest BCUT2D eigenvalue weighted by Crippen LogP contribution is -2.15. The molecule has 1 aromatic heterocycles. The average molecular weight is 214 g/mol. The molecule has 0 saturated carbocycles. The Balaban J connectivity index is 2.45. The second-order valence-corrected chi connectivity index (χ2v) is 4.75. The minimum atomic E-state index is -0.259. The van der Waals surface area contributed by atoms with Gasteiger partial charge in [-0.25, -0.2) is 4.98 Å². The largest absolute Gasteiger partial charge is 0.392 e. The molecule has 80 valence electrons. The first-order valence-electron chi connectivity index (χ1n) is 4.94. The Morgan fingerprint density at radius 3 is 2.86 bits per heavy atom. The van der Waals surface area contributed by atoms with Gasteiger partial charge in [-0.3, -0.25) is 0 Å². The van der Waals surface area contributed by atoms with Crippen LogP contribution in [0, 0.1) is 0 Å². The van der Waals surface area contributed by atoms with Gasteiger partial charge in [-0.2, -0.15) is 0 Å². The van der Waals surface area contributed by atoms with E-state index in [1.165, 1.54) is 0 Å². The van der Waals surface area contributed by atoms with Crippen LogP contribution in [0.5, 0.6) is 0 Å². The Morgan fingerprint density at radius 1 is 1.57 bits per heavy atom. The number of aliphatic hydroxyl groups is 1. The molecule has 1 rings (SSSR count). The minimum absolute atomic E-state index is 0.259. The topological polar surface area (TPSA) is 38.0 Å². The third-order valence-corrected chi connectivity index (χ3v) is 3.64. The molecule has 0 aliphatic heterocycles. The molecular formula is C10H18N2OS. The van der Waals surface area contributed by atoms with E-state index in [4.69, 9.17) is 0 Å². The number of nitrogens with zero attached hydrogens (tertiary/aromatic N) is 2. The van der Waals surface area contributed by atoms with Crippen molar-refractivity contribution in [1.82, 2.24) is 9.55 Å². The Kier molecular flexibility index (Phi) is 4.48. The van der Waals surface area contributed by atoms with Gasteiger partial charge in [0.15, 0.2) is 0 Å². The molecule has 0 radical (unpaired) electrons. The quantitative estimate of drug-likeness (QED) is 0.813. The molecule has 4 heteroatoms. The third kappa shape index (κ3) is 3.03. The van der Waals surface area contributed by atoms with E-state index in [9.17, 15) is 5.11 Å². The third-order valence-electron chi connectivity index (χ3n) is 2.30. The highest BCUT2D eigenvalue weighted by atomic mass is 32.2. The highest BCUT2D eigenvalue weighted by Crippen LogP contribution is 2.19. The standard InChI is InChI=1S/C10H18N2OS/c1-4-12-6-5-11-10(12)7-14-9(3)8(2)13/h5-6,8-9,13H,4,7H2,1-3H3. The van der Waals surface area contributed by atoms with Gasteiger partial charge in [-0.05, 0) is 13.8 Å². The summed E-state index contributed by atoms with van der Waals surface area (Å²) >= 11 is 1.74. The Labute approximate surface area is 89.5 Å². The summed E-state index contributed by atoms with van der Waals surface area (Å²) in [7, 11) is 0. The molecule has 14 heavy (non-hydrogen) atoms. The van der Waals surface area contributed by atoms with Crippen LogP contribution in [0.25, 0.3) is 0 Å². The summed E-state index contributed by atoms with van der Waals surface area (Å²) in [4.78, 5) is 4.28. The van der Waals surface area contributed by atoms with Crippen molar-refractivity contribution in [3.63, 3.8) is 0 Å². The molecule has 1 aromatic rings. The molecule has 0 spiro atoms. The first-order valence-corrected chi connectivity index (χ1v) is 5.99. The van der Waals surface area contributed by atoms with Crippen LogP contribution in [0.1, 0.15) is 26.6 Å². The summed E-state index contributed by atoms with van der Waals surface area (Å²) in [5.74, 6) is 1.96. The lowest BCUT2D eigenvalue weighted by atomic mass is 10.3. The predicted molar refractivity (Wildman–Crippen MR) is 60.3 cm³/mol. The normalized spacial score (nSPS) is 15.4. The van der Waals surface area contributed by atoms with Gasteiger partial charge in [-0.15, -0.1) is 11.8 Å². The van der Waals surface area contributed by atoms with E-state index in [2.05, 4.69) is 16.5 Å². The van der Waals surface area contributed by atoms with Gasteiger partial charge in [0.1, 0.15) is 5.82 Å². The van der Waals surface area contributed by atoms with E-state index in [1.54, 1.807) is 11.8 Å². The summed E-state index contributed by atoms with van der Waals surface area (Å²) in [6.07, 6.45) is 3.56. The molecule has 1 heterocycles. The Hall–Kier alpha value is -0.480. The molecule has 0 aromatic carbocycles. The van der Waals surface area contributed by atoms with Crippen molar-refractivity contribution in [2.24, 2.45) is 0 Å². The minimum Gasteiger partial charge on any atom is -0.392 e. The van der Waals surface area contributed by atoms with Crippen molar-refractivity contribution in [1.29, 1.82) is 0 Å². The molecule has 3 nitrogen and oxygen atoms in total. The zero-order valence-electron chi connectivity index (χ0n) is 8.97. The summed E-state index contributed by atoms with van der Waals surface area (Å²) in [5.41, 5.74) is 0. The lowest BCUT2D eigenvalue weighted by Gasteiger charge is -2.13. The van der Waals surface area contributed by atoms with Crippen LogP contribution in [-0.4, -0.2) is 26.0 Å². The summed E-state index contributed by atoms with van der Waals surface area (Å²) < 4.78 is 2.13. The molecule has 0 bridgehead atoms. The molecule has 0 aliphatic carbocycles. The van der Waals surface area contributed by atoms with Crippen LogP contribution in [0.4, 0.5) is 0 Å². The molecule has 2 atom stereocenters. The van der Waals surface area contributed by atoms with Gasteiger partial charge in [0.05, 0.1) is 11.9 Å².